The number of benzene rings is 3. The zero-order chi connectivity index (χ0) is 21.1. The van der Waals surface area contributed by atoms with Crippen LogP contribution in [-0.2, 0) is 9.53 Å². The third kappa shape index (κ3) is 4.01. The third-order valence-electron chi connectivity index (χ3n) is 4.63. The molecule has 0 aliphatic heterocycles. The van der Waals surface area contributed by atoms with Crippen LogP contribution < -0.4 is 5.32 Å². The second-order valence-electron chi connectivity index (χ2n) is 6.47. The van der Waals surface area contributed by atoms with Crippen molar-refractivity contribution in [3.8, 4) is 5.75 Å². The van der Waals surface area contributed by atoms with Crippen LogP contribution in [-0.4, -0.2) is 28.5 Å². The number of rotatable bonds is 5. The molecule has 0 saturated heterocycles. The van der Waals surface area contributed by atoms with Crippen LogP contribution in [0, 0.1) is 24.0 Å². The van der Waals surface area contributed by atoms with Crippen molar-refractivity contribution in [1.29, 1.82) is 0 Å². The zero-order valence-corrected chi connectivity index (χ0v) is 15.8. The highest BCUT2D eigenvalue weighted by Gasteiger charge is 2.21. The van der Waals surface area contributed by atoms with Crippen LogP contribution >= 0.6 is 0 Å². The van der Waals surface area contributed by atoms with E-state index in [0.717, 1.165) is 10.9 Å². The van der Waals surface area contributed by atoms with Crippen molar-refractivity contribution < 1.29 is 24.4 Å². The molecule has 3 rings (SSSR count). The van der Waals surface area contributed by atoms with Crippen molar-refractivity contribution in [3.05, 3.63) is 75.3 Å². The van der Waals surface area contributed by atoms with E-state index in [4.69, 9.17) is 4.74 Å². The van der Waals surface area contributed by atoms with Crippen LogP contribution in [0.1, 0.15) is 21.5 Å². The quantitative estimate of drug-likeness (QED) is 0.385. The number of nitrogens with one attached hydrogen (secondary N) is 1. The molecule has 0 spiro atoms. The first-order chi connectivity index (χ1) is 13.8. The van der Waals surface area contributed by atoms with Gasteiger partial charge in [0.15, 0.2) is 6.61 Å². The standard InChI is InChI=1S/C21H18N2O6/c1-12-7-10-17(23(27)28)19(13(12)2)22-18(24)11-29-21(26)16-9-8-14-5-3-4-6-15(14)20(16)25/h3-10,25H,11H2,1-2H3,(H,22,24). The molecular formula is C21H18N2O6. The lowest BCUT2D eigenvalue weighted by Gasteiger charge is -2.12. The number of fused-ring (bicyclic) bond motifs is 1. The molecule has 3 aromatic rings. The number of phenolic OH excluding ortho intramolecular Hbond substituents is 1. The fourth-order valence-electron chi connectivity index (χ4n) is 2.92. The van der Waals surface area contributed by atoms with E-state index in [0.29, 0.717) is 10.9 Å². The summed E-state index contributed by atoms with van der Waals surface area (Å²) in [5, 5.41) is 25.2. The van der Waals surface area contributed by atoms with Crippen molar-refractivity contribution in [2.24, 2.45) is 0 Å². The number of aryl methyl sites for hydroxylation is 1. The smallest absolute Gasteiger partial charge is 0.342 e. The normalized spacial score (nSPS) is 10.6. The predicted octanol–water partition coefficient (Wildman–Crippen LogP) is 3.87. The van der Waals surface area contributed by atoms with Crippen molar-refractivity contribution in [2.45, 2.75) is 13.8 Å². The number of carbonyl (C=O) groups is 2. The van der Waals surface area contributed by atoms with Gasteiger partial charge in [0.05, 0.1) is 4.92 Å². The van der Waals surface area contributed by atoms with Crippen LogP contribution in [0.2, 0.25) is 0 Å². The highest BCUT2D eigenvalue weighted by atomic mass is 16.6. The zero-order valence-electron chi connectivity index (χ0n) is 15.8. The Morgan fingerprint density at radius 1 is 1.10 bits per heavy atom. The Morgan fingerprint density at radius 2 is 1.83 bits per heavy atom. The summed E-state index contributed by atoms with van der Waals surface area (Å²) < 4.78 is 4.98. The molecule has 0 heterocycles. The Morgan fingerprint density at radius 3 is 2.55 bits per heavy atom. The summed E-state index contributed by atoms with van der Waals surface area (Å²) in [5.74, 6) is -1.84. The Bertz CT molecular complexity index is 1140. The average molecular weight is 394 g/mol. The number of carbonyl (C=O) groups excluding carboxylic acids is 2. The highest BCUT2D eigenvalue weighted by molar-refractivity contribution is 6.02. The number of aromatic hydroxyl groups is 1. The molecule has 0 aliphatic rings. The van der Waals surface area contributed by atoms with E-state index in [1.54, 1.807) is 50.2 Å². The SMILES string of the molecule is Cc1ccc([N+](=O)[O-])c(NC(=O)COC(=O)c2ccc3ccccc3c2O)c1C. The lowest BCUT2D eigenvalue weighted by molar-refractivity contribution is -0.384. The van der Waals surface area contributed by atoms with Gasteiger partial charge in [-0.2, -0.15) is 0 Å². The molecule has 0 aliphatic carbocycles. The van der Waals surface area contributed by atoms with Crippen LogP contribution in [0.3, 0.4) is 0 Å². The number of anilines is 1. The molecule has 0 aromatic heterocycles. The van der Waals surface area contributed by atoms with E-state index >= 15 is 0 Å². The first kappa shape index (κ1) is 19.8. The summed E-state index contributed by atoms with van der Waals surface area (Å²) in [6.45, 7) is 2.75. The Balaban J connectivity index is 1.74. The maximum Gasteiger partial charge on any atom is 0.342 e. The van der Waals surface area contributed by atoms with E-state index in [9.17, 15) is 24.8 Å². The summed E-state index contributed by atoms with van der Waals surface area (Å²) in [6, 6.07) is 12.9. The molecule has 29 heavy (non-hydrogen) atoms. The van der Waals surface area contributed by atoms with Crippen molar-refractivity contribution >= 4 is 34.0 Å². The molecule has 0 saturated carbocycles. The monoisotopic (exact) mass is 394 g/mol. The fourth-order valence-corrected chi connectivity index (χ4v) is 2.92. The number of ether oxygens (including phenoxy) is 1. The highest BCUT2D eigenvalue weighted by Crippen LogP contribution is 2.31. The minimum atomic E-state index is -0.876. The van der Waals surface area contributed by atoms with Gasteiger partial charge >= 0.3 is 5.97 Å². The number of phenols is 1. The van der Waals surface area contributed by atoms with Gasteiger partial charge in [-0.1, -0.05) is 36.4 Å². The maximum absolute atomic E-state index is 12.3. The second kappa shape index (κ2) is 7.97. The number of amides is 1. The van der Waals surface area contributed by atoms with Crippen molar-refractivity contribution in [1.82, 2.24) is 0 Å². The van der Waals surface area contributed by atoms with Gasteiger partial charge in [0.2, 0.25) is 0 Å². The number of esters is 1. The average Bonchev–Trinajstić information content (AvgIpc) is 2.70. The molecular weight excluding hydrogens is 376 g/mol. The van der Waals surface area contributed by atoms with Crippen molar-refractivity contribution in [2.75, 3.05) is 11.9 Å². The lowest BCUT2D eigenvalue weighted by atomic mass is 10.1. The summed E-state index contributed by atoms with van der Waals surface area (Å²) >= 11 is 0. The fraction of sp³-hybridized carbons (Fsp3) is 0.143. The van der Waals surface area contributed by atoms with Gasteiger partial charge in [-0.25, -0.2) is 4.79 Å². The lowest BCUT2D eigenvalue weighted by Crippen LogP contribution is -2.22. The second-order valence-corrected chi connectivity index (χ2v) is 6.47. The summed E-state index contributed by atoms with van der Waals surface area (Å²) in [5.41, 5.74) is 1.05. The van der Waals surface area contributed by atoms with E-state index in [1.165, 1.54) is 12.1 Å². The van der Waals surface area contributed by atoms with Gasteiger partial charge in [-0.3, -0.25) is 14.9 Å². The van der Waals surface area contributed by atoms with Gasteiger partial charge in [-0.15, -0.1) is 0 Å². The largest absolute Gasteiger partial charge is 0.506 e. The topological polar surface area (TPSA) is 119 Å². The van der Waals surface area contributed by atoms with Gasteiger partial charge in [0.1, 0.15) is 17.0 Å². The molecule has 2 N–H and O–H groups in total. The van der Waals surface area contributed by atoms with Gasteiger partial charge in [0.25, 0.3) is 11.6 Å². The van der Waals surface area contributed by atoms with Crippen LogP contribution in [0.15, 0.2) is 48.5 Å². The molecule has 8 nitrogen and oxygen atoms in total. The number of nitro benzene ring substituents is 1. The van der Waals surface area contributed by atoms with Crippen LogP contribution in [0.25, 0.3) is 10.8 Å². The summed E-state index contributed by atoms with van der Waals surface area (Å²) in [4.78, 5) is 35.1. The van der Waals surface area contributed by atoms with Gasteiger partial charge < -0.3 is 15.2 Å². The van der Waals surface area contributed by atoms with Crippen molar-refractivity contribution in [3.63, 3.8) is 0 Å². The number of hydrogen-bond acceptors (Lipinski definition) is 6. The molecule has 8 heteroatoms. The van der Waals surface area contributed by atoms with E-state index in [2.05, 4.69) is 5.32 Å². The number of nitro groups is 1. The number of nitrogens with zero attached hydrogens (tertiary/aromatic N) is 1. The molecule has 0 fully saturated rings. The Kier molecular flexibility index (Phi) is 5.45. The summed E-state index contributed by atoms with van der Waals surface area (Å²) in [6.07, 6.45) is 0. The van der Waals surface area contributed by atoms with E-state index in [1.807, 2.05) is 0 Å². The van der Waals surface area contributed by atoms with E-state index in [-0.39, 0.29) is 22.7 Å². The van der Waals surface area contributed by atoms with E-state index < -0.39 is 23.4 Å². The molecule has 3 aromatic carbocycles. The molecule has 0 bridgehead atoms. The maximum atomic E-state index is 12.3. The van der Waals surface area contributed by atoms with Crippen LogP contribution in [0.4, 0.5) is 11.4 Å². The molecule has 1 amide bonds. The first-order valence-corrected chi connectivity index (χ1v) is 8.72. The van der Waals surface area contributed by atoms with Crippen LogP contribution in [0.5, 0.6) is 5.75 Å². The Labute approximate surface area is 165 Å². The Hall–Kier alpha value is -3.94. The third-order valence-corrected chi connectivity index (χ3v) is 4.63. The first-order valence-electron chi connectivity index (χ1n) is 8.72. The molecule has 0 radical (unpaired) electrons. The molecule has 0 atom stereocenters. The van der Waals surface area contributed by atoms with Gasteiger partial charge in [0, 0.05) is 11.5 Å². The summed E-state index contributed by atoms with van der Waals surface area (Å²) in [7, 11) is 0. The minimum Gasteiger partial charge on any atom is -0.506 e. The predicted molar refractivity (Wildman–Crippen MR) is 107 cm³/mol. The molecule has 148 valence electrons. The minimum absolute atomic E-state index is 0.0598. The molecule has 0 unspecified atom stereocenters. The number of hydrogen-bond donors (Lipinski definition) is 2. The van der Waals surface area contributed by atoms with Gasteiger partial charge in [-0.05, 0) is 36.4 Å².